The van der Waals surface area contributed by atoms with Crippen molar-refractivity contribution in [2.45, 2.75) is 6.42 Å². The first-order valence-electron chi connectivity index (χ1n) is 4.23. The van der Waals surface area contributed by atoms with E-state index in [2.05, 4.69) is 4.98 Å². The van der Waals surface area contributed by atoms with Gasteiger partial charge in [0.1, 0.15) is 0 Å². The second-order valence-corrected chi connectivity index (χ2v) is 4.26. The molecule has 4 heteroatoms. The van der Waals surface area contributed by atoms with E-state index in [0.29, 0.717) is 15.9 Å². The van der Waals surface area contributed by atoms with E-state index in [1.807, 2.05) is 18.3 Å². The molecule has 0 aliphatic carbocycles. The van der Waals surface area contributed by atoms with Crippen molar-refractivity contribution in [2.24, 2.45) is 0 Å². The summed E-state index contributed by atoms with van der Waals surface area (Å²) in [6.45, 7) is 0. The standard InChI is InChI=1S/C10H8Cl3N/c11-2-1-6-5-14-10-4-9(13)8(12)3-7(6)10/h3-5,14H,1-2H2. The van der Waals surface area contributed by atoms with E-state index in [1.54, 1.807) is 0 Å². The van der Waals surface area contributed by atoms with E-state index < -0.39 is 0 Å². The van der Waals surface area contributed by atoms with Crippen molar-refractivity contribution in [2.75, 3.05) is 5.88 Å². The zero-order valence-electron chi connectivity index (χ0n) is 7.28. The molecule has 0 fully saturated rings. The monoisotopic (exact) mass is 247 g/mol. The van der Waals surface area contributed by atoms with Gasteiger partial charge in [-0.1, -0.05) is 23.2 Å². The molecular formula is C10H8Cl3N. The minimum Gasteiger partial charge on any atom is -0.361 e. The Morgan fingerprint density at radius 3 is 2.57 bits per heavy atom. The van der Waals surface area contributed by atoms with Crippen LogP contribution in [0.1, 0.15) is 5.56 Å². The molecule has 2 aromatic rings. The fourth-order valence-electron chi connectivity index (χ4n) is 1.48. The first-order chi connectivity index (χ1) is 6.72. The molecule has 14 heavy (non-hydrogen) atoms. The van der Waals surface area contributed by atoms with E-state index in [9.17, 15) is 0 Å². The fourth-order valence-corrected chi connectivity index (χ4v) is 2.01. The summed E-state index contributed by atoms with van der Waals surface area (Å²) in [6.07, 6.45) is 2.78. The van der Waals surface area contributed by atoms with Crippen LogP contribution < -0.4 is 0 Å². The lowest BCUT2D eigenvalue weighted by atomic mass is 10.1. The molecule has 1 heterocycles. The van der Waals surface area contributed by atoms with Crippen molar-refractivity contribution in [1.82, 2.24) is 4.98 Å². The number of hydrogen-bond donors (Lipinski definition) is 1. The van der Waals surface area contributed by atoms with Crippen molar-refractivity contribution in [1.29, 1.82) is 0 Å². The van der Waals surface area contributed by atoms with E-state index in [-0.39, 0.29) is 0 Å². The van der Waals surface area contributed by atoms with Gasteiger partial charge in [0.2, 0.25) is 0 Å². The molecule has 0 saturated carbocycles. The Morgan fingerprint density at radius 2 is 1.86 bits per heavy atom. The summed E-state index contributed by atoms with van der Waals surface area (Å²) >= 11 is 17.5. The Morgan fingerprint density at radius 1 is 1.14 bits per heavy atom. The summed E-state index contributed by atoms with van der Waals surface area (Å²) in [5.74, 6) is 0.604. The summed E-state index contributed by atoms with van der Waals surface area (Å²) < 4.78 is 0. The zero-order valence-corrected chi connectivity index (χ0v) is 9.55. The highest BCUT2D eigenvalue weighted by Crippen LogP contribution is 2.29. The van der Waals surface area contributed by atoms with Crippen LogP contribution >= 0.6 is 34.8 Å². The number of H-pyrrole nitrogens is 1. The average molecular weight is 249 g/mol. The van der Waals surface area contributed by atoms with Crippen LogP contribution in [0.15, 0.2) is 18.3 Å². The minimum absolute atomic E-state index is 0.568. The van der Waals surface area contributed by atoms with Crippen LogP contribution in [0.25, 0.3) is 10.9 Å². The Labute approximate surface area is 97.0 Å². The van der Waals surface area contributed by atoms with Crippen molar-refractivity contribution >= 4 is 45.7 Å². The number of rotatable bonds is 2. The summed E-state index contributed by atoms with van der Waals surface area (Å²) in [7, 11) is 0. The van der Waals surface area contributed by atoms with Crippen LogP contribution in [-0.2, 0) is 6.42 Å². The molecule has 0 unspecified atom stereocenters. The minimum atomic E-state index is 0.568. The number of aromatic nitrogens is 1. The average Bonchev–Trinajstić information content (AvgIpc) is 2.51. The van der Waals surface area contributed by atoms with Gasteiger partial charge in [-0.15, -0.1) is 11.6 Å². The predicted octanol–water partition coefficient (Wildman–Crippen LogP) is 4.26. The summed E-state index contributed by atoms with van der Waals surface area (Å²) in [5.41, 5.74) is 2.17. The normalized spacial score (nSPS) is 11.1. The van der Waals surface area contributed by atoms with Crippen molar-refractivity contribution in [3.63, 3.8) is 0 Å². The van der Waals surface area contributed by atoms with E-state index in [4.69, 9.17) is 34.8 Å². The molecule has 1 N–H and O–H groups in total. The van der Waals surface area contributed by atoms with Crippen LogP contribution in [0.4, 0.5) is 0 Å². The molecule has 74 valence electrons. The Hall–Kier alpha value is -0.370. The maximum absolute atomic E-state index is 5.94. The quantitative estimate of drug-likeness (QED) is 0.765. The van der Waals surface area contributed by atoms with Gasteiger partial charge >= 0.3 is 0 Å². The van der Waals surface area contributed by atoms with Crippen LogP contribution in [0.5, 0.6) is 0 Å². The molecule has 0 aliphatic rings. The molecule has 1 aromatic carbocycles. The van der Waals surface area contributed by atoms with Gasteiger partial charge in [0, 0.05) is 23.0 Å². The summed E-state index contributed by atoms with van der Waals surface area (Å²) in [5, 5.41) is 2.24. The lowest BCUT2D eigenvalue weighted by molar-refractivity contribution is 1.16. The van der Waals surface area contributed by atoms with Gasteiger partial charge in [-0.2, -0.15) is 0 Å². The molecule has 0 aliphatic heterocycles. The van der Waals surface area contributed by atoms with E-state index in [1.165, 1.54) is 5.56 Å². The van der Waals surface area contributed by atoms with Crippen molar-refractivity contribution in [3.05, 3.63) is 33.9 Å². The predicted molar refractivity (Wildman–Crippen MR) is 62.7 cm³/mol. The van der Waals surface area contributed by atoms with E-state index >= 15 is 0 Å². The largest absolute Gasteiger partial charge is 0.361 e. The molecule has 2 rings (SSSR count). The van der Waals surface area contributed by atoms with Crippen LogP contribution in [-0.4, -0.2) is 10.9 Å². The number of halogens is 3. The number of nitrogens with one attached hydrogen (secondary N) is 1. The second-order valence-electron chi connectivity index (χ2n) is 3.06. The number of fused-ring (bicyclic) bond motifs is 1. The highest BCUT2D eigenvalue weighted by Gasteiger charge is 2.06. The third-order valence-corrected chi connectivity index (χ3v) is 3.08. The third kappa shape index (κ3) is 1.72. The molecule has 0 atom stereocenters. The van der Waals surface area contributed by atoms with Gasteiger partial charge in [0.25, 0.3) is 0 Å². The van der Waals surface area contributed by atoms with Crippen molar-refractivity contribution < 1.29 is 0 Å². The van der Waals surface area contributed by atoms with Crippen LogP contribution in [0.3, 0.4) is 0 Å². The Balaban J connectivity index is 2.61. The summed E-state index contributed by atoms with van der Waals surface area (Å²) in [6, 6.07) is 3.70. The SMILES string of the molecule is ClCCc1c[nH]c2cc(Cl)c(Cl)cc12. The molecule has 0 radical (unpaired) electrons. The highest BCUT2D eigenvalue weighted by atomic mass is 35.5. The Bertz CT molecular complexity index is 462. The highest BCUT2D eigenvalue weighted by molar-refractivity contribution is 6.42. The Kier molecular flexibility index (Phi) is 2.91. The lowest BCUT2D eigenvalue weighted by Crippen LogP contribution is -1.82. The number of alkyl halides is 1. The molecule has 1 nitrogen and oxygen atoms in total. The molecule has 0 amide bonds. The lowest BCUT2D eigenvalue weighted by Gasteiger charge is -1.98. The maximum Gasteiger partial charge on any atom is 0.0613 e. The van der Waals surface area contributed by atoms with Gasteiger partial charge in [-0.05, 0) is 24.1 Å². The number of aromatic amines is 1. The van der Waals surface area contributed by atoms with Gasteiger partial charge in [-0.25, -0.2) is 0 Å². The molecule has 0 bridgehead atoms. The van der Waals surface area contributed by atoms with Gasteiger partial charge in [-0.3, -0.25) is 0 Å². The first kappa shape index (κ1) is 10.2. The van der Waals surface area contributed by atoms with Gasteiger partial charge in [0.15, 0.2) is 0 Å². The van der Waals surface area contributed by atoms with Crippen LogP contribution in [0.2, 0.25) is 10.0 Å². The maximum atomic E-state index is 5.94. The molecule has 1 aromatic heterocycles. The van der Waals surface area contributed by atoms with Gasteiger partial charge in [0.05, 0.1) is 10.0 Å². The molecule has 0 spiro atoms. The zero-order chi connectivity index (χ0) is 10.1. The van der Waals surface area contributed by atoms with Gasteiger partial charge < -0.3 is 4.98 Å². The smallest absolute Gasteiger partial charge is 0.0613 e. The van der Waals surface area contributed by atoms with Crippen LogP contribution in [0, 0.1) is 0 Å². The second kappa shape index (κ2) is 4.01. The number of hydrogen-bond acceptors (Lipinski definition) is 0. The van der Waals surface area contributed by atoms with E-state index in [0.717, 1.165) is 17.3 Å². The topological polar surface area (TPSA) is 15.8 Å². The first-order valence-corrected chi connectivity index (χ1v) is 5.52. The fraction of sp³-hybridized carbons (Fsp3) is 0.200. The third-order valence-electron chi connectivity index (χ3n) is 2.17. The molecular weight excluding hydrogens is 240 g/mol. The van der Waals surface area contributed by atoms with Crippen molar-refractivity contribution in [3.8, 4) is 0 Å². The summed E-state index contributed by atoms with van der Waals surface area (Å²) in [4.78, 5) is 3.14. The molecule has 0 saturated heterocycles. The number of aryl methyl sites for hydroxylation is 1. The number of benzene rings is 1.